The molecule has 14 N–H and O–H groups in total. The molecular weight excluding hydrogens is 1410 g/mol. The van der Waals surface area contributed by atoms with Gasteiger partial charge in [0.05, 0.1) is 57.1 Å². The lowest BCUT2D eigenvalue weighted by atomic mass is 9.98. The monoisotopic (exact) mass is 1570 g/mol. The van der Waals surface area contributed by atoms with Crippen LogP contribution in [0.4, 0.5) is 4.39 Å². The van der Waals surface area contributed by atoms with E-state index in [-0.39, 0.29) is 52.9 Å². The molecule has 2 aromatic rings. The second-order valence-electron chi connectivity index (χ2n) is 26.3. The van der Waals surface area contributed by atoms with Crippen molar-refractivity contribution in [1.29, 1.82) is 0 Å². The van der Waals surface area contributed by atoms with Crippen LogP contribution in [0.2, 0.25) is 0 Å². The maximum Gasteiger partial charge on any atom is 0.297 e. The first-order valence-corrected chi connectivity index (χ1v) is 38.0. The van der Waals surface area contributed by atoms with Crippen LogP contribution in [0.15, 0.2) is 48.5 Å². The molecule has 2 saturated heterocycles. The van der Waals surface area contributed by atoms with Crippen LogP contribution in [0.1, 0.15) is 228 Å². The molecule has 2 amide bonds. The lowest BCUT2D eigenvalue weighted by Gasteiger charge is -2.40. The highest BCUT2D eigenvalue weighted by atomic mass is 19.1. The summed E-state index contributed by atoms with van der Waals surface area (Å²) in [5.41, 5.74) is 0.633. The molecule has 640 valence electrons. The minimum Gasteiger partial charge on any atom is -0.457 e. The first-order valence-electron chi connectivity index (χ1n) is 38.0. The van der Waals surface area contributed by atoms with Crippen LogP contribution in [0.25, 0.3) is 0 Å². The van der Waals surface area contributed by atoms with Gasteiger partial charge in [0.1, 0.15) is 78.4 Å². The fourth-order valence-electron chi connectivity index (χ4n) is 11.3. The highest BCUT2D eigenvalue weighted by Crippen LogP contribution is 2.27. The third-order valence-electron chi connectivity index (χ3n) is 17.5. The summed E-state index contributed by atoms with van der Waals surface area (Å²) in [5.74, 6) is 58.5. The number of nitrogens with one attached hydrogen (secondary N) is 2. The van der Waals surface area contributed by atoms with Crippen LogP contribution in [-0.2, 0) is 35.0 Å². The van der Waals surface area contributed by atoms with Crippen LogP contribution >= 0.6 is 0 Å². The van der Waals surface area contributed by atoms with Crippen molar-refractivity contribution in [1.82, 2.24) is 10.6 Å². The Labute approximate surface area is 686 Å². The first-order chi connectivity index (χ1) is 53.4. The third-order valence-corrected chi connectivity index (χ3v) is 17.5. The smallest absolute Gasteiger partial charge is 0.297 e. The van der Waals surface area contributed by atoms with Crippen molar-refractivity contribution < 1.29 is 133 Å². The van der Waals surface area contributed by atoms with Gasteiger partial charge in [0, 0.05) is 75.7 Å². The van der Waals surface area contributed by atoms with Crippen molar-refractivity contribution in [2.24, 2.45) is 0 Å². The van der Waals surface area contributed by atoms with Crippen LogP contribution < -0.4 is 15.4 Å². The summed E-state index contributed by atoms with van der Waals surface area (Å²) in [7, 11) is 0. The Bertz CT molecular complexity index is 3910. The molecular formula is C88H157FN2O19. The van der Waals surface area contributed by atoms with E-state index >= 15 is 0 Å². The molecule has 0 saturated carbocycles. The van der Waals surface area contributed by atoms with Crippen molar-refractivity contribution in [2.75, 3.05) is 26.4 Å². The topological polar surface area (TPSA) is 347 Å². The number of benzene rings is 2. The summed E-state index contributed by atoms with van der Waals surface area (Å²) in [6.07, 6.45) is 7.47. The number of halogens is 1. The Hall–Kier alpha value is -8.81. The Morgan fingerprint density at radius 1 is 0.427 bits per heavy atom. The van der Waals surface area contributed by atoms with Gasteiger partial charge in [-0.2, -0.15) is 0 Å². The van der Waals surface area contributed by atoms with E-state index in [4.69, 9.17) is 23.7 Å². The molecule has 22 heteroatoms. The van der Waals surface area contributed by atoms with Crippen LogP contribution in [0.5, 0.6) is 11.5 Å². The predicted molar refractivity (Wildman–Crippen MR) is 465 cm³/mol. The van der Waals surface area contributed by atoms with E-state index in [2.05, 4.69) is 167 Å². The molecule has 2 aliphatic heterocycles. The zero-order valence-electron chi connectivity index (χ0n) is 63.4. The molecule has 2 aromatic carbocycles. The molecule has 21 nitrogen and oxygen atoms in total. The summed E-state index contributed by atoms with van der Waals surface area (Å²) < 4.78 is 40.9. The van der Waals surface area contributed by atoms with Crippen molar-refractivity contribution in [2.45, 2.75) is 292 Å². The standard InChI is InChI=1S/C50H51NO9.C38H58FNO10.24H2/c1-3-5-7-9-11-13-15-17-18-19-20-21-22-23-24-25-26-27-29-31-33-35-37-39-45(54)51-42(41-59-50-49(58)48(57)47(56)44(40-52)60-50)46(55)43(53)38-36-34-32-30-28-16-14-12-10-8-6-4-2;1-2-3-4-5-6-7-8-9-10-11-12-13-14-31(42)34(44)30(25-48-38-37(47)36(46)35(45)32(24-41)50-38)40-33(43)23-26-15-19-28(20-16-26)49-29-21-17-27(39)18-22-29;;;;;;;;;;;;;;;;;;;;;;;;/h42-44,46-50,52-53,55-58H,4,6,8,10,12,14,16,28,30,32,34,36,38,40-41H2,1-2H3,(H,51,54);15-22,30-32,34-38,41-42,44-47H,2-14,23-25H2,1H3,(H,40,43);24*1H/t42-,43+,44?,46-,47-,48-,49?,50-;30-,31+,32?,34-,35-,36-,37?,38-;;;;;;;;;;;;;;;;;;;;;;;;/m00......................../s1. The average molecular weight is 1570 g/mol. The van der Waals surface area contributed by atoms with E-state index in [9.17, 15) is 75.3 Å². The lowest BCUT2D eigenvalue weighted by molar-refractivity contribution is -0.303. The lowest BCUT2D eigenvalue weighted by Crippen LogP contribution is -2.60. The van der Waals surface area contributed by atoms with E-state index in [1.165, 1.54) is 127 Å². The summed E-state index contributed by atoms with van der Waals surface area (Å²) in [4.78, 5) is 25.8. The minimum absolute atomic E-state index is 0. The number of hydrogen-bond donors (Lipinski definition) is 14. The zero-order valence-corrected chi connectivity index (χ0v) is 63.4. The molecule has 110 heavy (non-hydrogen) atoms. The molecule has 0 aliphatic carbocycles. The molecule has 2 fully saturated rings. The van der Waals surface area contributed by atoms with Gasteiger partial charge in [0.15, 0.2) is 12.6 Å². The van der Waals surface area contributed by atoms with E-state index in [0.717, 1.165) is 38.5 Å². The Morgan fingerprint density at radius 2 is 0.736 bits per heavy atom. The van der Waals surface area contributed by atoms with E-state index in [1.807, 2.05) is 0 Å². The van der Waals surface area contributed by atoms with E-state index < -0.39 is 136 Å². The molecule has 16 atom stereocenters. The third kappa shape index (κ3) is 42.4. The first kappa shape index (κ1) is 95.4. The van der Waals surface area contributed by atoms with Gasteiger partial charge in [0.2, 0.25) is 5.91 Å². The van der Waals surface area contributed by atoms with Gasteiger partial charge < -0.3 is 95.6 Å². The van der Waals surface area contributed by atoms with Crippen LogP contribution in [-0.4, -0.2) is 197 Å². The number of carbonyl (C=O) groups is 2. The Balaban J connectivity index is -0.0000000801. The number of unbranched alkanes of at least 4 members (excludes halogenated alkanes) is 22. The number of carbonyl (C=O) groups excluding carboxylic acids is 2. The van der Waals surface area contributed by atoms with Gasteiger partial charge in [0.25, 0.3) is 5.91 Å². The van der Waals surface area contributed by atoms with Gasteiger partial charge in [-0.05, 0) is 156 Å². The summed E-state index contributed by atoms with van der Waals surface area (Å²) in [6.45, 7) is 3.91. The van der Waals surface area contributed by atoms with E-state index in [0.29, 0.717) is 36.3 Å². The fraction of sp³-hybridized carbons (Fsp3) is 0.568. The van der Waals surface area contributed by atoms with Crippen molar-refractivity contribution in [3.8, 4) is 154 Å². The summed E-state index contributed by atoms with van der Waals surface area (Å²) in [5, 5.41) is 129. The quantitative estimate of drug-likeness (QED) is 0.0216. The maximum absolute atomic E-state index is 13.2. The number of hydrogen-bond acceptors (Lipinski definition) is 19. The van der Waals surface area contributed by atoms with Gasteiger partial charge in [-0.3, -0.25) is 9.59 Å². The maximum atomic E-state index is 13.2. The number of amides is 2. The highest BCUT2D eigenvalue weighted by Gasteiger charge is 2.46. The second-order valence-corrected chi connectivity index (χ2v) is 26.3. The minimum atomic E-state index is -1.70. The molecule has 0 radical (unpaired) electrons. The van der Waals surface area contributed by atoms with Crippen molar-refractivity contribution >= 4 is 11.8 Å². The number of rotatable bonds is 44. The van der Waals surface area contributed by atoms with Crippen LogP contribution in [0.3, 0.4) is 0 Å². The molecule has 4 rings (SSSR count). The van der Waals surface area contributed by atoms with E-state index in [1.54, 1.807) is 31.2 Å². The SMILES string of the molecule is CC#CC#CC#CC#CC#CC#CC#CC#CC#CC#CC#CC#CC(=O)N[C@@H](CO[C@H]1OC(CO)[C@H](O)[C@H](O)C1O)[C@H](O)[C@H](O)CCCCCCCCCCCCCC.CCCCCCCCCCCCCC[C@@H](O)[C@@H](O)[C@H](CO[C@H]1OC(CO)[C@H](O)[C@H](O)C1O)NC(=O)Cc1ccc(Oc2ccc(F)cc2)cc1.[HH].[HH].[HH].[HH].[HH].[HH].[HH].[HH].[HH].[HH].[HH].[HH].[HH].[HH].[HH].[HH].[HH].[HH].[HH].[HH].[HH].[HH].[HH].[HH]. The number of ether oxygens (including phenoxy) is 5. The second kappa shape index (κ2) is 60.9. The highest BCUT2D eigenvalue weighted by molar-refractivity contribution is 5.94. The van der Waals surface area contributed by atoms with Gasteiger partial charge in [-0.25, -0.2) is 4.39 Å². The number of aliphatic hydroxyl groups excluding tert-OH is 12. The Morgan fingerprint density at radius 3 is 1.07 bits per heavy atom. The van der Waals surface area contributed by atoms with Crippen molar-refractivity contribution in [3.05, 3.63) is 59.9 Å². The molecule has 0 bridgehead atoms. The summed E-state index contributed by atoms with van der Waals surface area (Å²) in [6, 6.07) is 9.94. The van der Waals surface area contributed by atoms with Gasteiger partial charge in [-0.15, -0.1) is 0 Å². The number of aliphatic hydroxyl groups is 12. The van der Waals surface area contributed by atoms with Crippen LogP contribution in [0, 0.1) is 148 Å². The molecule has 0 aromatic heterocycles. The van der Waals surface area contributed by atoms with Gasteiger partial charge in [-0.1, -0.05) is 186 Å². The predicted octanol–water partition coefficient (Wildman–Crippen LogP) is 11.3. The van der Waals surface area contributed by atoms with Crippen molar-refractivity contribution in [3.63, 3.8) is 0 Å². The molecule has 2 aliphatic rings. The van der Waals surface area contributed by atoms with Gasteiger partial charge >= 0.3 is 0 Å². The average Bonchev–Trinajstić information content (AvgIpc) is 0.818. The zero-order chi connectivity index (χ0) is 80.2. The molecule has 4 unspecified atom stereocenters. The largest absolute Gasteiger partial charge is 0.457 e. The Kier molecular flexibility index (Phi) is 52.8. The summed E-state index contributed by atoms with van der Waals surface area (Å²) >= 11 is 0. The molecule has 2 heterocycles. The fourth-order valence-corrected chi connectivity index (χ4v) is 11.3. The normalized spacial score (nSPS) is 19.9. The molecule has 0 spiro atoms.